The molecular weight excluding hydrogens is 659 g/mol. The second kappa shape index (κ2) is 10.9. The van der Waals surface area contributed by atoms with E-state index in [9.17, 15) is 5.11 Å². The third-order valence-corrected chi connectivity index (χ3v) is 11.4. The molecule has 0 atom stereocenters. The van der Waals surface area contributed by atoms with Gasteiger partial charge in [-0.15, -0.1) is 0 Å². The summed E-state index contributed by atoms with van der Waals surface area (Å²) in [5.74, 6) is 0. The Kier molecular flexibility index (Phi) is 5.89. The van der Waals surface area contributed by atoms with Crippen LogP contribution in [0.2, 0.25) is 0 Å². The van der Waals surface area contributed by atoms with Gasteiger partial charge in [0.2, 0.25) is 0 Å². The molecule has 0 saturated heterocycles. The lowest BCUT2D eigenvalue weighted by Crippen LogP contribution is -1.96. The number of benzene rings is 10. The third-order valence-electron chi connectivity index (χ3n) is 11.4. The van der Waals surface area contributed by atoms with E-state index in [1.807, 2.05) is 24.3 Å². The average molecular weight is 688 g/mol. The van der Waals surface area contributed by atoms with Crippen LogP contribution in [-0.4, -0.2) is 19.5 Å². The van der Waals surface area contributed by atoms with E-state index >= 15 is 0 Å². The molecule has 250 valence electrons. The van der Waals surface area contributed by atoms with E-state index in [4.69, 9.17) is 9.97 Å². The van der Waals surface area contributed by atoms with Crippen LogP contribution in [-0.2, 0) is 0 Å². The zero-order chi connectivity index (χ0) is 35.5. The highest BCUT2D eigenvalue weighted by molar-refractivity contribution is 6.19. The molecule has 4 heteroatoms. The van der Waals surface area contributed by atoms with Gasteiger partial charge >= 0.3 is 6.01 Å². The number of aromatic hydroxyl groups is 1. The monoisotopic (exact) mass is 687 g/mol. The first-order chi connectivity index (χ1) is 26.7. The average Bonchev–Trinajstić information content (AvgIpc) is 3.62. The number of fused-ring (bicyclic) bond motifs is 13. The lowest BCUT2D eigenvalue weighted by atomic mass is 9.89. The van der Waals surface area contributed by atoms with E-state index in [1.54, 1.807) is 4.40 Å². The largest absolute Gasteiger partial charge is 0.480 e. The van der Waals surface area contributed by atoms with Gasteiger partial charge in [0.05, 0.1) is 16.6 Å². The van der Waals surface area contributed by atoms with E-state index in [0.717, 1.165) is 44.1 Å². The molecule has 0 saturated carbocycles. The van der Waals surface area contributed by atoms with E-state index < -0.39 is 0 Å². The number of hydrogen-bond acceptors (Lipinski definition) is 3. The van der Waals surface area contributed by atoms with Crippen molar-refractivity contribution in [2.75, 3.05) is 0 Å². The van der Waals surface area contributed by atoms with Crippen LogP contribution in [0.25, 0.3) is 114 Å². The van der Waals surface area contributed by atoms with Crippen molar-refractivity contribution in [2.24, 2.45) is 0 Å². The maximum absolute atomic E-state index is 11.6. The molecule has 0 spiro atoms. The lowest BCUT2D eigenvalue weighted by molar-refractivity contribution is 0.428. The predicted octanol–water partition coefficient (Wildman–Crippen LogP) is 13.0. The fourth-order valence-electron chi connectivity index (χ4n) is 8.90. The van der Waals surface area contributed by atoms with Crippen LogP contribution >= 0.6 is 0 Å². The van der Waals surface area contributed by atoms with Crippen molar-refractivity contribution in [3.63, 3.8) is 0 Å². The minimum absolute atomic E-state index is 0.0822. The third kappa shape index (κ3) is 4.13. The summed E-state index contributed by atoms with van der Waals surface area (Å²) in [6.07, 6.45) is 0. The Hall–Kier alpha value is -7.30. The number of nitrogens with zero attached hydrogens (tertiary/aromatic N) is 3. The van der Waals surface area contributed by atoms with Crippen molar-refractivity contribution in [3.8, 4) is 28.3 Å². The first-order valence-corrected chi connectivity index (χ1v) is 18.3. The molecule has 12 rings (SSSR count). The molecule has 0 aliphatic rings. The van der Waals surface area contributed by atoms with Crippen molar-refractivity contribution >= 4 is 92.2 Å². The zero-order valence-corrected chi connectivity index (χ0v) is 29.0. The highest BCUT2D eigenvalue weighted by Crippen LogP contribution is 2.43. The summed E-state index contributed by atoms with van der Waals surface area (Å²) in [6.45, 7) is 0. The quantitative estimate of drug-likeness (QED) is 0.145. The summed E-state index contributed by atoms with van der Waals surface area (Å²) in [6, 6.07) is 60.7. The van der Waals surface area contributed by atoms with Gasteiger partial charge in [-0.1, -0.05) is 121 Å². The van der Waals surface area contributed by atoms with Crippen LogP contribution in [0.3, 0.4) is 0 Å². The minimum atomic E-state index is -0.0822. The topological polar surface area (TPSA) is 50.4 Å². The number of para-hydroxylation sites is 2. The highest BCUT2D eigenvalue weighted by atomic mass is 16.3. The van der Waals surface area contributed by atoms with Gasteiger partial charge in [-0.25, -0.2) is 9.38 Å². The molecule has 0 aliphatic carbocycles. The first-order valence-electron chi connectivity index (χ1n) is 18.3. The molecule has 1 N–H and O–H groups in total. The van der Waals surface area contributed by atoms with E-state index in [1.165, 1.54) is 59.2 Å². The lowest BCUT2D eigenvalue weighted by Gasteiger charge is -2.16. The summed E-state index contributed by atoms with van der Waals surface area (Å²) in [4.78, 5) is 10.1. The van der Waals surface area contributed by atoms with Gasteiger partial charge in [-0.2, -0.15) is 4.98 Å². The van der Waals surface area contributed by atoms with Crippen LogP contribution in [0, 0.1) is 0 Å². The smallest absolute Gasteiger partial charge is 0.300 e. The number of rotatable bonds is 2. The first kappa shape index (κ1) is 29.3. The minimum Gasteiger partial charge on any atom is -0.480 e. The summed E-state index contributed by atoms with van der Waals surface area (Å²) < 4.78 is 1.77. The normalized spacial score (nSPS) is 12.1. The molecule has 2 heterocycles. The molecule has 0 fully saturated rings. The molecule has 10 aromatic carbocycles. The molecule has 0 aliphatic heterocycles. The second-order valence-corrected chi connectivity index (χ2v) is 14.4. The highest BCUT2D eigenvalue weighted by Gasteiger charge is 2.20. The Morgan fingerprint density at radius 1 is 0.370 bits per heavy atom. The van der Waals surface area contributed by atoms with Gasteiger partial charge < -0.3 is 5.11 Å². The summed E-state index contributed by atoms with van der Waals surface area (Å²) in [5.41, 5.74) is 7.21. The Balaban J connectivity index is 1.19. The zero-order valence-electron chi connectivity index (χ0n) is 29.0. The van der Waals surface area contributed by atoms with Gasteiger partial charge in [-0.3, -0.25) is 0 Å². The second-order valence-electron chi connectivity index (χ2n) is 14.4. The molecule has 0 bridgehead atoms. The summed E-state index contributed by atoms with van der Waals surface area (Å²) in [5, 5.41) is 26.9. The standard InChI is InChI=1S/C50H29N3O/c54-50-52-48-44(39-16-8-15-38-41(39)22-20-34-24-30-10-2-4-12-32(30)26-43(34)38)27-35(28-45(48)49-51-46-17-5-6-18-47(46)53(49)50)36-13-7-14-37-40(36)21-19-33-23-29-9-1-3-11-31(29)25-42(33)37/h1-28H,(H,52,54). The van der Waals surface area contributed by atoms with Crippen molar-refractivity contribution in [3.05, 3.63) is 170 Å². The van der Waals surface area contributed by atoms with E-state index in [0.29, 0.717) is 11.2 Å². The van der Waals surface area contributed by atoms with E-state index in [-0.39, 0.29) is 6.01 Å². The van der Waals surface area contributed by atoms with Crippen LogP contribution in [0.5, 0.6) is 6.01 Å². The molecule has 4 nitrogen and oxygen atoms in total. The molecule has 54 heavy (non-hydrogen) atoms. The molecule has 0 amide bonds. The molecular formula is C50H29N3O. The van der Waals surface area contributed by atoms with Crippen LogP contribution in [0.4, 0.5) is 0 Å². The summed E-state index contributed by atoms with van der Waals surface area (Å²) in [7, 11) is 0. The van der Waals surface area contributed by atoms with Gasteiger partial charge in [0.15, 0.2) is 5.65 Å². The Labute approximate surface area is 308 Å². The molecule has 0 unspecified atom stereocenters. The Morgan fingerprint density at radius 3 is 1.61 bits per heavy atom. The maximum Gasteiger partial charge on any atom is 0.300 e. The Morgan fingerprint density at radius 2 is 0.944 bits per heavy atom. The van der Waals surface area contributed by atoms with Gasteiger partial charge in [0.1, 0.15) is 0 Å². The van der Waals surface area contributed by atoms with Crippen molar-refractivity contribution in [1.29, 1.82) is 0 Å². The summed E-state index contributed by atoms with van der Waals surface area (Å²) >= 11 is 0. The SMILES string of the molecule is Oc1nc2c(-c3cccc4c3ccc3cc5ccccc5cc34)cc(-c3cccc4c3ccc3cc5ccccc5cc34)cc2c2nc3ccccc3n12. The fourth-order valence-corrected chi connectivity index (χ4v) is 8.90. The van der Waals surface area contributed by atoms with Crippen LogP contribution in [0.1, 0.15) is 0 Å². The molecule has 2 aromatic heterocycles. The Bertz CT molecular complexity index is 3580. The van der Waals surface area contributed by atoms with Crippen molar-refractivity contribution < 1.29 is 5.11 Å². The van der Waals surface area contributed by atoms with Gasteiger partial charge in [0.25, 0.3) is 0 Å². The van der Waals surface area contributed by atoms with Crippen molar-refractivity contribution in [1.82, 2.24) is 14.4 Å². The fraction of sp³-hybridized carbons (Fsp3) is 0. The predicted molar refractivity (Wildman–Crippen MR) is 226 cm³/mol. The van der Waals surface area contributed by atoms with Crippen molar-refractivity contribution in [2.45, 2.75) is 0 Å². The van der Waals surface area contributed by atoms with Gasteiger partial charge in [0, 0.05) is 10.9 Å². The molecule has 0 radical (unpaired) electrons. The number of hydrogen-bond donors (Lipinski definition) is 1. The number of imidazole rings is 1. The molecule has 12 aromatic rings. The van der Waals surface area contributed by atoms with Crippen LogP contribution in [0.15, 0.2) is 170 Å². The maximum atomic E-state index is 11.6. The number of aromatic nitrogens is 3. The van der Waals surface area contributed by atoms with E-state index in [2.05, 4.69) is 146 Å². The van der Waals surface area contributed by atoms with Crippen LogP contribution < -0.4 is 0 Å². The van der Waals surface area contributed by atoms with Gasteiger partial charge in [-0.05, 0) is 130 Å².